The first-order valence-corrected chi connectivity index (χ1v) is 1.34. The standard InChI is InChI=1S/6CN.2Fe.H2S/c6*1-2;;;/h;;;;;;;;1H2/q6*-1;+2;+3;/p+1. The fourth-order valence-corrected chi connectivity index (χ4v) is 0. The summed E-state index contributed by atoms with van der Waals surface area (Å²) in [6.45, 7) is 28.5. The first-order valence-electron chi connectivity index (χ1n) is 1.34. The second kappa shape index (κ2) is 567. The van der Waals surface area contributed by atoms with Crippen LogP contribution in [-0.4, -0.2) is 0 Å². The summed E-state index contributed by atoms with van der Waals surface area (Å²) in [7, 11) is 0. The second-order valence-electron chi connectivity index (χ2n) is 0. The average molecular weight is 303 g/mol. The van der Waals surface area contributed by atoms with Crippen LogP contribution in [0.5, 0.6) is 0 Å². The zero-order chi connectivity index (χ0) is 12.0. The molecule has 0 bridgehead atoms. The van der Waals surface area contributed by atoms with Gasteiger partial charge >= 0.3 is 34.1 Å². The molecule has 0 saturated carbocycles. The van der Waals surface area contributed by atoms with Crippen molar-refractivity contribution < 1.29 is 34.1 Å². The van der Waals surface area contributed by atoms with Gasteiger partial charge in [-0.2, -0.15) is 0 Å². The molecular weight excluding hydrogens is 300 g/mol. The van der Waals surface area contributed by atoms with E-state index < -0.39 is 0 Å². The monoisotopic (exact) mass is 303 g/mol. The molecule has 0 unspecified atom stereocenters. The Hall–Kier alpha value is -1.67. The van der Waals surface area contributed by atoms with E-state index in [-0.39, 0.29) is 47.6 Å². The quantitative estimate of drug-likeness (QED) is 0.343. The van der Waals surface area contributed by atoms with Gasteiger partial charge in [0.25, 0.3) is 0 Å². The Morgan fingerprint density at radius 3 is 0.400 bits per heavy atom. The van der Waals surface area contributed by atoms with E-state index in [1.807, 2.05) is 0 Å². The summed E-state index contributed by atoms with van der Waals surface area (Å²) in [4.78, 5) is 0. The molecule has 0 N–H and O–H groups in total. The van der Waals surface area contributed by atoms with E-state index in [4.69, 9.17) is 71.0 Å². The summed E-state index contributed by atoms with van der Waals surface area (Å²) in [6.07, 6.45) is 0. The van der Waals surface area contributed by atoms with Crippen molar-refractivity contribution in [1.29, 1.82) is 31.6 Å². The Labute approximate surface area is 118 Å². The number of hydrogen-bond acceptors (Lipinski definition) is 6. The third kappa shape index (κ3) is 471. The predicted molar refractivity (Wildman–Crippen MR) is 41.4 cm³/mol. The molecule has 0 spiro atoms. The molecule has 9 heteroatoms. The van der Waals surface area contributed by atoms with E-state index in [2.05, 4.69) is 0 Å². The molecule has 0 aliphatic rings. The van der Waals surface area contributed by atoms with Gasteiger partial charge in [-0.3, -0.25) is 0 Å². The molecule has 0 aromatic heterocycles. The second-order valence-corrected chi connectivity index (χ2v) is 0. The Morgan fingerprint density at radius 1 is 0.400 bits per heavy atom. The number of hydrogen-bond donors (Lipinski definition) is 0. The summed E-state index contributed by atoms with van der Waals surface area (Å²) < 4.78 is 0. The van der Waals surface area contributed by atoms with Crippen LogP contribution in [0.15, 0.2) is 0 Å². The van der Waals surface area contributed by atoms with Crippen molar-refractivity contribution in [2.75, 3.05) is 0 Å². The van der Waals surface area contributed by atoms with Gasteiger partial charge in [-0.05, 0) is 0 Å². The fraction of sp³-hybridized carbons (Fsp3) is 0. The summed E-state index contributed by atoms with van der Waals surface area (Å²) in [5.41, 5.74) is 0. The van der Waals surface area contributed by atoms with Crippen LogP contribution in [-0.2, 0) is 47.6 Å². The van der Waals surface area contributed by atoms with E-state index >= 15 is 0 Å². The van der Waals surface area contributed by atoms with Crippen molar-refractivity contribution in [3.8, 4) is 0 Å². The number of nitrogens with zero attached hydrogens (tertiary/aromatic N) is 6. The first kappa shape index (κ1) is 108. The van der Waals surface area contributed by atoms with Crippen LogP contribution >= 0.6 is 0 Å². The molecule has 0 fully saturated rings. The van der Waals surface area contributed by atoms with Crippen LogP contribution in [0.2, 0.25) is 0 Å². The smallest absolute Gasteiger partial charge is 0.512 e. The SMILES string of the molecule is [C-]#N.[C-]#N.[C-]#N.[C-]#N.[C-]#N.[C-]#N.[Fe+2].[Fe+3].[SH3+]. The van der Waals surface area contributed by atoms with Gasteiger partial charge < -0.3 is 71.0 Å². The van der Waals surface area contributed by atoms with Crippen LogP contribution in [0.1, 0.15) is 0 Å². The van der Waals surface area contributed by atoms with Gasteiger partial charge in [0.15, 0.2) is 0 Å². The van der Waals surface area contributed by atoms with Crippen molar-refractivity contribution >= 4 is 13.5 Å². The molecule has 1 radical (unpaired) electrons. The molecule has 0 aromatic carbocycles. The maximum atomic E-state index is 6.25. The van der Waals surface area contributed by atoms with Crippen molar-refractivity contribution in [3.63, 3.8) is 0 Å². The molecule has 0 aromatic rings. The molecule has 6 nitrogen and oxygen atoms in total. The third-order valence-electron chi connectivity index (χ3n) is 0. The normalized spacial score (nSPS) is 0.800. The Kier molecular flexibility index (Phi) is 4080. The minimum Gasteiger partial charge on any atom is -0.512 e. The van der Waals surface area contributed by atoms with Gasteiger partial charge in [0, 0.05) is 0 Å². The van der Waals surface area contributed by atoms with Crippen LogP contribution in [0.4, 0.5) is 0 Å². The maximum Gasteiger partial charge on any atom is 3.00 e. The van der Waals surface area contributed by atoms with Gasteiger partial charge in [-0.25, -0.2) is 0 Å². The van der Waals surface area contributed by atoms with Crippen molar-refractivity contribution in [1.82, 2.24) is 0 Å². The summed E-state index contributed by atoms with van der Waals surface area (Å²) in [5.74, 6) is 0. The average Bonchev–Trinajstić information content (AvgIpc) is 2.33. The molecule has 0 saturated heterocycles. The van der Waals surface area contributed by atoms with Crippen LogP contribution in [0, 0.1) is 71.0 Å². The molecule has 0 aliphatic heterocycles. The van der Waals surface area contributed by atoms with Crippen molar-refractivity contribution in [3.05, 3.63) is 39.4 Å². The summed E-state index contributed by atoms with van der Waals surface area (Å²) >= 11 is 0. The molecule has 0 rings (SSSR count). The number of rotatable bonds is 0. The molecule has 0 amide bonds. The van der Waals surface area contributed by atoms with Gasteiger partial charge in [0.1, 0.15) is 0 Å². The molecule has 0 aliphatic carbocycles. The van der Waals surface area contributed by atoms with Crippen molar-refractivity contribution in [2.24, 2.45) is 0 Å². The van der Waals surface area contributed by atoms with Crippen LogP contribution < -0.4 is 0 Å². The van der Waals surface area contributed by atoms with Gasteiger partial charge in [0.2, 0.25) is 0 Å². The fourth-order valence-electron chi connectivity index (χ4n) is 0. The third-order valence-corrected chi connectivity index (χ3v) is 0. The van der Waals surface area contributed by atoms with Gasteiger partial charge in [-0.1, -0.05) is 13.5 Å². The van der Waals surface area contributed by atoms with Gasteiger partial charge in [-0.15, -0.1) is 0 Å². The largest absolute Gasteiger partial charge is 3.00 e. The maximum absolute atomic E-state index is 6.25. The minimum absolute atomic E-state index is 0. The molecule has 0 atom stereocenters. The summed E-state index contributed by atoms with van der Waals surface area (Å²) in [6, 6.07) is 0. The summed E-state index contributed by atoms with van der Waals surface area (Å²) in [5, 5.41) is 37.5. The Balaban J connectivity index is -0.00000000396. The molecule has 79 valence electrons. The predicted octanol–water partition coefficient (Wildman–Crippen LogP) is -0.232. The topological polar surface area (TPSA) is 143 Å². The molecule has 15 heavy (non-hydrogen) atoms. The molecular formula is C6H3Fe2N6S. The Bertz CT molecular complexity index is 101. The van der Waals surface area contributed by atoms with Crippen molar-refractivity contribution in [2.45, 2.75) is 0 Å². The van der Waals surface area contributed by atoms with Crippen LogP contribution in [0.25, 0.3) is 0 Å². The zero-order valence-corrected chi connectivity index (χ0v) is 10.3. The molecule has 0 heterocycles. The van der Waals surface area contributed by atoms with E-state index in [9.17, 15) is 0 Å². The van der Waals surface area contributed by atoms with E-state index in [0.717, 1.165) is 0 Å². The first-order chi connectivity index (χ1) is 6.00. The van der Waals surface area contributed by atoms with Gasteiger partial charge in [0.05, 0.1) is 0 Å². The Morgan fingerprint density at radius 2 is 0.400 bits per heavy atom. The van der Waals surface area contributed by atoms with Crippen LogP contribution in [0.3, 0.4) is 0 Å². The van der Waals surface area contributed by atoms with E-state index in [1.54, 1.807) is 0 Å². The van der Waals surface area contributed by atoms with E-state index in [1.165, 1.54) is 0 Å². The zero-order valence-electron chi connectivity index (χ0n) is 6.97. The van der Waals surface area contributed by atoms with E-state index in [0.29, 0.717) is 0 Å². The minimum atomic E-state index is 0.